The van der Waals surface area contributed by atoms with E-state index in [0.717, 1.165) is 25.8 Å². The van der Waals surface area contributed by atoms with Crippen LogP contribution in [-0.4, -0.2) is 33.0 Å². The summed E-state index contributed by atoms with van der Waals surface area (Å²) < 4.78 is 26.6. The first kappa shape index (κ1) is 16.9. The standard InChI is InChI=1S/C15H23N3O3S/c1-11(2)18-22(20,21)13-8-6-12(7-9-13)17-15(19)14-5-3-4-10-16-14/h6-9,11,14,16,18H,3-5,10H2,1-2H3,(H,17,19). The number of anilines is 1. The Bertz CT molecular complexity index is 605. The van der Waals surface area contributed by atoms with Gasteiger partial charge in [0, 0.05) is 11.7 Å². The van der Waals surface area contributed by atoms with Crippen LogP contribution in [0.5, 0.6) is 0 Å². The van der Waals surface area contributed by atoms with Crippen LogP contribution in [0, 0.1) is 0 Å². The van der Waals surface area contributed by atoms with Gasteiger partial charge in [0.2, 0.25) is 15.9 Å². The predicted molar refractivity (Wildman–Crippen MR) is 86.2 cm³/mol. The fourth-order valence-corrected chi connectivity index (χ4v) is 3.65. The van der Waals surface area contributed by atoms with Crippen molar-refractivity contribution in [3.63, 3.8) is 0 Å². The molecule has 0 aromatic heterocycles. The number of hydrogen-bond acceptors (Lipinski definition) is 4. The van der Waals surface area contributed by atoms with Crippen molar-refractivity contribution in [2.45, 2.75) is 50.1 Å². The van der Waals surface area contributed by atoms with E-state index in [1.807, 2.05) is 0 Å². The van der Waals surface area contributed by atoms with Crippen molar-refractivity contribution in [2.75, 3.05) is 11.9 Å². The molecule has 1 aromatic rings. The Kier molecular flexibility index (Phi) is 5.55. The number of carbonyl (C=O) groups is 1. The van der Waals surface area contributed by atoms with E-state index in [0.29, 0.717) is 5.69 Å². The number of hydrogen-bond donors (Lipinski definition) is 3. The van der Waals surface area contributed by atoms with Gasteiger partial charge in [-0.3, -0.25) is 4.79 Å². The van der Waals surface area contributed by atoms with Crippen molar-refractivity contribution in [1.82, 2.24) is 10.0 Å². The van der Waals surface area contributed by atoms with Crippen LogP contribution in [0.2, 0.25) is 0 Å². The Morgan fingerprint density at radius 2 is 1.91 bits per heavy atom. The fraction of sp³-hybridized carbons (Fsp3) is 0.533. The quantitative estimate of drug-likeness (QED) is 0.765. The first-order valence-corrected chi connectivity index (χ1v) is 9.03. The van der Waals surface area contributed by atoms with Gasteiger partial charge in [0.1, 0.15) is 0 Å². The highest BCUT2D eigenvalue weighted by Crippen LogP contribution is 2.16. The summed E-state index contributed by atoms with van der Waals surface area (Å²) in [5.41, 5.74) is 0.598. The van der Waals surface area contributed by atoms with E-state index in [9.17, 15) is 13.2 Å². The molecule has 0 radical (unpaired) electrons. The maximum Gasteiger partial charge on any atom is 0.241 e. The van der Waals surface area contributed by atoms with Crippen LogP contribution >= 0.6 is 0 Å². The molecule has 0 aliphatic carbocycles. The highest BCUT2D eigenvalue weighted by molar-refractivity contribution is 7.89. The van der Waals surface area contributed by atoms with Gasteiger partial charge in [0.15, 0.2) is 0 Å². The summed E-state index contributed by atoms with van der Waals surface area (Å²) in [4.78, 5) is 12.3. The second-order valence-corrected chi connectivity index (χ2v) is 7.51. The predicted octanol–water partition coefficient (Wildman–Crippen LogP) is 1.45. The number of piperidine rings is 1. The van der Waals surface area contributed by atoms with E-state index in [2.05, 4.69) is 15.4 Å². The van der Waals surface area contributed by atoms with Crippen molar-refractivity contribution < 1.29 is 13.2 Å². The van der Waals surface area contributed by atoms with Gasteiger partial charge in [0.25, 0.3) is 0 Å². The normalized spacial score (nSPS) is 19.1. The third-order valence-electron chi connectivity index (χ3n) is 3.45. The Labute approximate surface area is 131 Å². The number of rotatable bonds is 5. The molecule has 122 valence electrons. The van der Waals surface area contributed by atoms with E-state index in [-0.39, 0.29) is 22.9 Å². The molecule has 3 N–H and O–H groups in total. The molecule has 2 rings (SSSR count). The second kappa shape index (κ2) is 7.21. The highest BCUT2D eigenvalue weighted by atomic mass is 32.2. The Hall–Kier alpha value is -1.44. The molecule has 1 aliphatic heterocycles. The summed E-state index contributed by atoms with van der Waals surface area (Å²) >= 11 is 0. The molecule has 0 bridgehead atoms. The van der Waals surface area contributed by atoms with Crippen LogP contribution in [0.25, 0.3) is 0 Å². The topological polar surface area (TPSA) is 87.3 Å². The molecule has 1 heterocycles. The lowest BCUT2D eigenvalue weighted by Crippen LogP contribution is -2.43. The molecule has 7 heteroatoms. The van der Waals surface area contributed by atoms with Gasteiger partial charge in [-0.05, 0) is 57.5 Å². The molecular weight excluding hydrogens is 302 g/mol. The van der Waals surface area contributed by atoms with E-state index >= 15 is 0 Å². The fourth-order valence-electron chi connectivity index (χ4n) is 2.40. The summed E-state index contributed by atoms with van der Waals surface area (Å²) in [5, 5.41) is 5.99. The van der Waals surface area contributed by atoms with Crippen LogP contribution in [0.3, 0.4) is 0 Å². The molecule has 1 aliphatic rings. The van der Waals surface area contributed by atoms with E-state index in [1.165, 1.54) is 12.1 Å². The van der Waals surface area contributed by atoms with Crippen LogP contribution in [0.15, 0.2) is 29.2 Å². The van der Waals surface area contributed by atoms with E-state index < -0.39 is 10.0 Å². The summed E-state index contributed by atoms with van der Waals surface area (Å²) in [7, 11) is -3.50. The van der Waals surface area contributed by atoms with Crippen LogP contribution in [0.4, 0.5) is 5.69 Å². The van der Waals surface area contributed by atoms with Crippen molar-refractivity contribution in [3.8, 4) is 0 Å². The molecule has 1 saturated heterocycles. The summed E-state index contributed by atoms with van der Waals surface area (Å²) in [6.45, 7) is 4.39. The zero-order chi connectivity index (χ0) is 16.2. The molecule has 1 unspecified atom stereocenters. The van der Waals surface area contributed by atoms with Gasteiger partial charge in [-0.1, -0.05) is 6.42 Å². The molecule has 6 nitrogen and oxygen atoms in total. The molecule has 1 atom stereocenters. The van der Waals surface area contributed by atoms with Crippen molar-refractivity contribution in [1.29, 1.82) is 0 Å². The van der Waals surface area contributed by atoms with Gasteiger partial charge in [0.05, 0.1) is 10.9 Å². The van der Waals surface area contributed by atoms with Crippen molar-refractivity contribution in [3.05, 3.63) is 24.3 Å². The maximum atomic E-state index is 12.1. The molecule has 0 saturated carbocycles. The zero-order valence-electron chi connectivity index (χ0n) is 12.9. The average Bonchev–Trinajstić information content (AvgIpc) is 2.47. The zero-order valence-corrected chi connectivity index (χ0v) is 13.7. The molecule has 1 aromatic carbocycles. The van der Waals surface area contributed by atoms with Gasteiger partial charge in [-0.25, -0.2) is 13.1 Å². The van der Waals surface area contributed by atoms with E-state index in [4.69, 9.17) is 0 Å². The average molecular weight is 325 g/mol. The Balaban J connectivity index is 2.01. The SMILES string of the molecule is CC(C)NS(=O)(=O)c1ccc(NC(=O)C2CCCCN2)cc1. The summed E-state index contributed by atoms with van der Waals surface area (Å²) in [5.74, 6) is -0.0735. The minimum Gasteiger partial charge on any atom is -0.325 e. The smallest absolute Gasteiger partial charge is 0.241 e. The number of amides is 1. The van der Waals surface area contributed by atoms with Gasteiger partial charge in [-0.15, -0.1) is 0 Å². The number of sulfonamides is 1. The van der Waals surface area contributed by atoms with Crippen molar-refractivity contribution >= 4 is 21.6 Å². The van der Waals surface area contributed by atoms with Crippen LogP contribution in [0.1, 0.15) is 33.1 Å². The summed E-state index contributed by atoms with van der Waals surface area (Å²) in [6, 6.07) is 5.87. The number of carbonyl (C=O) groups excluding carboxylic acids is 1. The van der Waals surface area contributed by atoms with Gasteiger partial charge >= 0.3 is 0 Å². The first-order chi connectivity index (χ1) is 10.4. The van der Waals surface area contributed by atoms with Crippen molar-refractivity contribution in [2.24, 2.45) is 0 Å². The number of benzene rings is 1. The Morgan fingerprint density at radius 1 is 1.23 bits per heavy atom. The van der Waals surface area contributed by atoms with E-state index in [1.54, 1.807) is 26.0 Å². The lowest BCUT2D eigenvalue weighted by atomic mass is 10.0. The molecule has 1 fully saturated rings. The maximum absolute atomic E-state index is 12.1. The minimum absolute atomic E-state index is 0.0735. The largest absolute Gasteiger partial charge is 0.325 e. The molecular formula is C15H23N3O3S. The highest BCUT2D eigenvalue weighted by Gasteiger charge is 2.21. The van der Waals surface area contributed by atoms with Gasteiger partial charge < -0.3 is 10.6 Å². The van der Waals surface area contributed by atoms with Crippen LogP contribution in [-0.2, 0) is 14.8 Å². The second-order valence-electron chi connectivity index (χ2n) is 5.79. The lowest BCUT2D eigenvalue weighted by Gasteiger charge is -2.22. The molecule has 22 heavy (non-hydrogen) atoms. The third kappa shape index (κ3) is 4.53. The molecule has 0 spiro atoms. The number of nitrogens with one attached hydrogen (secondary N) is 3. The van der Waals surface area contributed by atoms with Gasteiger partial charge in [-0.2, -0.15) is 0 Å². The van der Waals surface area contributed by atoms with Crippen LogP contribution < -0.4 is 15.4 Å². The lowest BCUT2D eigenvalue weighted by molar-refractivity contribution is -0.118. The summed E-state index contributed by atoms with van der Waals surface area (Å²) in [6.07, 6.45) is 2.97. The Morgan fingerprint density at radius 3 is 2.45 bits per heavy atom. The first-order valence-electron chi connectivity index (χ1n) is 7.55. The minimum atomic E-state index is -3.50. The third-order valence-corrected chi connectivity index (χ3v) is 5.12. The molecule has 1 amide bonds. The monoisotopic (exact) mass is 325 g/mol.